The van der Waals surface area contributed by atoms with E-state index in [1.54, 1.807) is 0 Å². The van der Waals surface area contributed by atoms with Crippen LogP contribution in [0.15, 0.2) is 0 Å². The highest BCUT2D eigenvalue weighted by atomic mass is 15.1. The highest BCUT2D eigenvalue weighted by Gasteiger charge is 2.12. The van der Waals surface area contributed by atoms with Crippen molar-refractivity contribution >= 4 is 0 Å². The molecule has 0 amide bonds. The zero-order valence-electron chi connectivity index (χ0n) is 6.30. The van der Waals surface area contributed by atoms with Gasteiger partial charge in [-0.05, 0) is 26.6 Å². The molecule has 56 valence electrons. The molecule has 1 rings (SSSR count). The van der Waals surface area contributed by atoms with Crippen LogP contribution in [0.3, 0.4) is 0 Å². The second kappa shape index (κ2) is 3.55. The van der Waals surface area contributed by atoms with Crippen LogP contribution in [0.4, 0.5) is 0 Å². The molecule has 1 aliphatic rings. The van der Waals surface area contributed by atoms with Crippen LogP contribution in [0.1, 0.15) is 6.42 Å². The Bertz CT molecular complexity index is 138. The molecule has 0 aromatic rings. The van der Waals surface area contributed by atoms with E-state index < -0.39 is 0 Å². The van der Waals surface area contributed by atoms with Gasteiger partial charge in [0.1, 0.15) is 6.04 Å². The molecular formula is C7H13N3. The summed E-state index contributed by atoms with van der Waals surface area (Å²) in [7, 11) is 2.05. The summed E-state index contributed by atoms with van der Waals surface area (Å²) >= 11 is 0. The summed E-state index contributed by atoms with van der Waals surface area (Å²) in [6.45, 7) is 2.93. The highest BCUT2D eigenvalue weighted by Crippen LogP contribution is 1.95. The Balaban J connectivity index is 2.39. The minimum Gasteiger partial charge on any atom is -0.304 e. The topological polar surface area (TPSA) is 39.1 Å². The first-order valence-corrected chi connectivity index (χ1v) is 3.64. The number of hydrogen-bond acceptors (Lipinski definition) is 3. The number of hydrogen-bond donors (Lipinski definition) is 1. The molecule has 0 saturated carbocycles. The van der Waals surface area contributed by atoms with Crippen LogP contribution < -0.4 is 5.32 Å². The van der Waals surface area contributed by atoms with E-state index in [0.717, 1.165) is 26.1 Å². The van der Waals surface area contributed by atoms with Gasteiger partial charge in [0.05, 0.1) is 6.07 Å². The van der Waals surface area contributed by atoms with Crippen molar-refractivity contribution in [3.63, 3.8) is 0 Å². The smallest absolute Gasteiger partial charge is 0.108 e. The Morgan fingerprint density at radius 2 is 2.50 bits per heavy atom. The van der Waals surface area contributed by atoms with Gasteiger partial charge in [-0.2, -0.15) is 5.26 Å². The van der Waals surface area contributed by atoms with Gasteiger partial charge in [-0.3, -0.25) is 0 Å². The quantitative estimate of drug-likeness (QED) is 0.505. The molecule has 1 aliphatic heterocycles. The number of likely N-dealkylation sites (N-methyl/N-ethyl adjacent to an activating group) is 1. The summed E-state index contributed by atoms with van der Waals surface area (Å²) in [5.41, 5.74) is 0. The molecule has 1 atom stereocenters. The molecule has 0 aromatic carbocycles. The monoisotopic (exact) mass is 139 g/mol. The molecule has 1 saturated heterocycles. The summed E-state index contributed by atoms with van der Waals surface area (Å²) < 4.78 is 0. The van der Waals surface area contributed by atoms with Gasteiger partial charge < -0.3 is 10.2 Å². The number of nitriles is 1. The summed E-state index contributed by atoms with van der Waals surface area (Å²) in [6.07, 6.45) is 1.15. The van der Waals surface area contributed by atoms with Crippen molar-refractivity contribution in [3.05, 3.63) is 0 Å². The molecule has 3 nitrogen and oxygen atoms in total. The van der Waals surface area contributed by atoms with Gasteiger partial charge in [-0.1, -0.05) is 0 Å². The zero-order valence-corrected chi connectivity index (χ0v) is 6.30. The molecule has 10 heavy (non-hydrogen) atoms. The van der Waals surface area contributed by atoms with Crippen LogP contribution in [-0.2, 0) is 0 Å². The Morgan fingerprint density at radius 3 is 3.20 bits per heavy atom. The third-order valence-corrected chi connectivity index (χ3v) is 1.76. The first-order chi connectivity index (χ1) is 4.83. The van der Waals surface area contributed by atoms with Crippen LogP contribution in [-0.4, -0.2) is 37.6 Å². The van der Waals surface area contributed by atoms with Crippen molar-refractivity contribution in [1.29, 1.82) is 5.26 Å². The molecular weight excluding hydrogens is 126 g/mol. The molecule has 0 bridgehead atoms. The summed E-state index contributed by atoms with van der Waals surface area (Å²) in [6, 6.07) is 2.26. The average molecular weight is 139 g/mol. The standard InChI is InChI=1S/C7H13N3/c1-10-4-2-3-9-7(5-8)6-10/h7,9H,2-4,6H2,1H3. The minimum atomic E-state index is 0.0347. The first-order valence-electron chi connectivity index (χ1n) is 3.64. The Kier molecular flexibility index (Phi) is 2.67. The predicted octanol–water partition coefficient (Wildman–Crippen LogP) is -0.196. The fraction of sp³-hybridized carbons (Fsp3) is 0.857. The summed E-state index contributed by atoms with van der Waals surface area (Å²) in [5.74, 6) is 0. The lowest BCUT2D eigenvalue weighted by Crippen LogP contribution is -2.34. The second-order valence-electron chi connectivity index (χ2n) is 2.75. The SMILES string of the molecule is CN1CCCNC(C#N)C1. The van der Waals surface area contributed by atoms with E-state index in [-0.39, 0.29) is 6.04 Å². The van der Waals surface area contributed by atoms with Crippen LogP contribution in [0.5, 0.6) is 0 Å². The van der Waals surface area contributed by atoms with Crippen LogP contribution in [0.2, 0.25) is 0 Å². The first kappa shape index (κ1) is 7.52. The summed E-state index contributed by atoms with van der Waals surface area (Å²) in [5, 5.41) is 11.8. The fourth-order valence-corrected chi connectivity index (χ4v) is 1.18. The Hall–Kier alpha value is -0.590. The van der Waals surface area contributed by atoms with Crippen molar-refractivity contribution in [3.8, 4) is 6.07 Å². The van der Waals surface area contributed by atoms with E-state index >= 15 is 0 Å². The molecule has 0 radical (unpaired) electrons. The normalized spacial score (nSPS) is 29.0. The Morgan fingerprint density at radius 1 is 1.70 bits per heavy atom. The van der Waals surface area contributed by atoms with E-state index in [0.29, 0.717) is 0 Å². The molecule has 0 aromatic heterocycles. The van der Waals surface area contributed by atoms with Gasteiger partial charge >= 0.3 is 0 Å². The van der Waals surface area contributed by atoms with Crippen molar-refractivity contribution in [2.24, 2.45) is 0 Å². The van der Waals surface area contributed by atoms with Gasteiger partial charge in [0.25, 0.3) is 0 Å². The van der Waals surface area contributed by atoms with Crippen molar-refractivity contribution in [2.75, 3.05) is 26.7 Å². The minimum absolute atomic E-state index is 0.0347. The third-order valence-electron chi connectivity index (χ3n) is 1.76. The lowest BCUT2D eigenvalue weighted by Gasteiger charge is -2.13. The number of nitrogens with zero attached hydrogens (tertiary/aromatic N) is 2. The lowest BCUT2D eigenvalue weighted by atomic mass is 10.3. The van der Waals surface area contributed by atoms with Crippen molar-refractivity contribution < 1.29 is 0 Å². The molecule has 1 fully saturated rings. The molecule has 1 N–H and O–H groups in total. The van der Waals surface area contributed by atoms with E-state index in [2.05, 4.69) is 23.3 Å². The molecule has 3 heteroatoms. The van der Waals surface area contributed by atoms with E-state index in [1.165, 1.54) is 0 Å². The van der Waals surface area contributed by atoms with E-state index in [4.69, 9.17) is 5.26 Å². The number of nitrogens with one attached hydrogen (secondary N) is 1. The summed E-state index contributed by atoms with van der Waals surface area (Å²) in [4.78, 5) is 2.19. The van der Waals surface area contributed by atoms with Crippen molar-refractivity contribution in [1.82, 2.24) is 10.2 Å². The van der Waals surface area contributed by atoms with E-state index in [9.17, 15) is 0 Å². The highest BCUT2D eigenvalue weighted by molar-refractivity contribution is 4.92. The van der Waals surface area contributed by atoms with Crippen LogP contribution in [0, 0.1) is 11.3 Å². The Labute approximate surface area is 61.6 Å². The maximum Gasteiger partial charge on any atom is 0.108 e. The van der Waals surface area contributed by atoms with Gasteiger partial charge in [-0.25, -0.2) is 0 Å². The fourth-order valence-electron chi connectivity index (χ4n) is 1.18. The van der Waals surface area contributed by atoms with Crippen LogP contribution >= 0.6 is 0 Å². The lowest BCUT2D eigenvalue weighted by molar-refractivity contribution is 0.343. The molecule has 0 spiro atoms. The van der Waals surface area contributed by atoms with Crippen LogP contribution in [0.25, 0.3) is 0 Å². The number of rotatable bonds is 0. The third kappa shape index (κ3) is 1.98. The van der Waals surface area contributed by atoms with Gasteiger partial charge in [-0.15, -0.1) is 0 Å². The van der Waals surface area contributed by atoms with Crippen molar-refractivity contribution in [2.45, 2.75) is 12.5 Å². The zero-order chi connectivity index (χ0) is 7.40. The second-order valence-corrected chi connectivity index (χ2v) is 2.75. The molecule has 0 aliphatic carbocycles. The molecule has 1 unspecified atom stereocenters. The largest absolute Gasteiger partial charge is 0.304 e. The van der Waals surface area contributed by atoms with Gasteiger partial charge in [0, 0.05) is 6.54 Å². The molecule has 1 heterocycles. The van der Waals surface area contributed by atoms with E-state index in [1.807, 2.05) is 0 Å². The maximum absolute atomic E-state index is 8.59. The van der Waals surface area contributed by atoms with Gasteiger partial charge in [0.2, 0.25) is 0 Å². The average Bonchev–Trinajstić information content (AvgIpc) is 2.13. The predicted molar refractivity (Wildman–Crippen MR) is 39.5 cm³/mol. The van der Waals surface area contributed by atoms with Gasteiger partial charge in [0.15, 0.2) is 0 Å². The maximum atomic E-state index is 8.59.